The number of fused-ring (bicyclic) bond motifs is 2. The van der Waals surface area contributed by atoms with Crippen LogP contribution in [0.4, 0.5) is 30.2 Å². The van der Waals surface area contributed by atoms with E-state index in [9.17, 15) is 42.3 Å². The number of H-pyrrole nitrogens is 2. The summed E-state index contributed by atoms with van der Waals surface area (Å²) >= 11 is 0. The lowest BCUT2D eigenvalue weighted by atomic mass is 9.81. The van der Waals surface area contributed by atoms with Gasteiger partial charge in [-0.3, -0.25) is 19.2 Å². The number of rotatable bonds is 7. The fourth-order valence-electron chi connectivity index (χ4n) is 7.44. The van der Waals surface area contributed by atoms with E-state index < -0.39 is 52.1 Å². The third-order valence-corrected chi connectivity index (χ3v) is 10.9. The van der Waals surface area contributed by atoms with Crippen molar-refractivity contribution < 1.29 is 42.1 Å². The standard InChI is InChI=1S/C24H22F3N3O4.C20H18N2O4/c1-13-9-10-30(20(13)23(33)34-2)14-7-8-19(17(11-14)24(25,26)27)29-22(32)16-12-28-18-6-4-3-5-15(18)21(16)31;1-20(10-26-11-20)12-5-7-13(8-6-12)22-19(25)14-9-21-15-3-2-4-16(23)17(15)18(14)24/h3-8,11-13,20H,9-10H2,1-2H3,(H,28,31)(H,29,32);2-9,23H,10-11H2,1H3,(H,21,24)(H,22,25)/t13-,20-;/m0./s1. The second-order valence-electron chi connectivity index (χ2n) is 15.0. The normalized spacial score (nSPS) is 17.0. The number of nitrogens with zero attached hydrogens (tertiary/aromatic N) is 1. The molecule has 16 heteroatoms. The molecule has 2 saturated heterocycles. The van der Waals surface area contributed by atoms with Crippen LogP contribution in [0.5, 0.6) is 5.75 Å². The van der Waals surface area contributed by atoms with Crippen molar-refractivity contribution in [2.45, 2.75) is 37.9 Å². The number of aromatic amines is 2. The topological polar surface area (TPSA) is 183 Å². The number of alkyl halides is 3. The molecule has 0 radical (unpaired) electrons. The Bertz CT molecular complexity index is 2740. The van der Waals surface area contributed by atoms with Gasteiger partial charge in [0.2, 0.25) is 10.9 Å². The number of aromatic hydroxyl groups is 1. The number of carbonyl (C=O) groups excluding carboxylic acids is 3. The third kappa shape index (κ3) is 8.05. The van der Waals surface area contributed by atoms with Gasteiger partial charge in [0.15, 0.2) is 0 Å². The van der Waals surface area contributed by atoms with E-state index in [1.54, 1.807) is 35.2 Å². The molecule has 2 amide bonds. The van der Waals surface area contributed by atoms with Gasteiger partial charge in [-0.05, 0) is 72.5 Å². The van der Waals surface area contributed by atoms with Gasteiger partial charge in [0.05, 0.1) is 42.5 Å². The molecule has 5 N–H and O–H groups in total. The van der Waals surface area contributed by atoms with E-state index in [-0.39, 0.29) is 44.7 Å². The first-order chi connectivity index (χ1) is 28.6. The number of methoxy groups -OCH3 is 1. The molecule has 6 aromatic rings. The number of esters is 1. The molecular formula is C44H40F3N5O8. The molecule has 0 spiro atoms. The molecule has 2 fully saturated rings. The van der Waals surface area contributed by atoms with Crippen LogP contribution in [0.15, 0.2) is 107 Å². The average molecular weight is 824 g/mol. The van der Waals surface area contributed by atoms with Gasteiger partial charge in [0.25, 0.3) is 11.8 Å². The number of amides is 2. The number of anilines is 3. The SMILES string of the molecule is CC1(c2ccc(NC(=O)c3c[nH]c4cccc(O)c4c3=O)cc2)COC1.COC(=O)[C@@H]1[C@@H](C)CCN1c1ccc(NC(=O)c2c[nH]c3ccccc3c2=O)c(C(F)(F)F)c1. The van der Waals surface area contributed by atoms with Crippen molar-refractivity contribution in [2.24, 2.45) is 5.92 Å². The van der Waals surface area contributed by atoms with Gasteiger partial charge in [-0.2, -0.15) is 13.2 Å². The van der Waals surface area contributed by atoms with Crippen molar-refractivity contribution in [2.75, 3.05) is 42.4 Å². The molecule has 4 aromatic carbocycles. The summed E-state index contributed by atoms with van der Waals surface area (Å²) in [5.74, 6) is -2.26. The molecule has 0 bridgehead atoms. The molecule has 0 unspecified atom stereocenters. The number of phenols is 1. The smallest absolute Gasteiger partial charge is 0.418 e. The minimum atomic E-state index is -4.79. The summed E-state index contributed by atoms with van der Waals surface area (Å²) in [5, 5.41) is 15.2. The summed E-state index contributed by atoms with van der Waals surface area (Å²) in [6, 6.07) is 21.5. The number of nitrogens with one attached hydrogen (secondary N) is 4. The molecule has 2 atom stereocenters. The van der Waals surface area contributed by atoms with Crippen LogP contribution >= 0.6 is 0 Å². The zero-order valence-corrected chi connectivity index (χ0v) is 32.6. The maximum atomic E-state index is 13.9. The number of pyridine rings is 2. The summed E-state index contributed by atoms with van der Waals surface area (Å²) in [6.07, 6.45) is -1.64. The summed E-state index contributed by atoms with van der Waals surface area (Å²) < 4.78 is 51.9. The molecule has 13 nitrogen and oxygen atoms in total. The van der Waals surface area contributed by atoms with E-state index in [1.807, 2.05) is 31.2 Å². The highest BCUT2D eigenvalue weighted by Gasteiger charge is 2.40. The molecule has 0 aliphatic carbocycles. The Kier molecular flexibility index (Phi) is 11.2. The number of benzene rings is 4. The molecule has 4 heterocycles. The maximum Gasteiger partial charge on any atom is 0.418 e. The molecule has 310 valence electrons. The molecule has 8 rings (SSSR count). The quantitative estimate of drug-likeness (QED) is 0.106. The first-order valence-corrected chi connectivity index (χ1v) is 18.9. The number of ether oxygens (including phenoxy) is 2. The van der Waals surface area contributed by atoms with Crippen molar-refractivity contribution >= 4 is 56.7 Å². The van der Waals surface area contributed by atoms with Crippen LogP contribution in [0.1, 0.15) is 52.1 Å². The first kappa shape index (κ1) is 41.2. The zero-order chi connectivity index (χ0) is 42.9. The van der Waals surface area contributed by atoms with Crippen LogP contribution in [0.25, 0.3) is 21.8 Å². The fourth-order valence-corrected chi connectivity index (χ4v) is 7.44. The van der Waals surface area contributed by atoms with Crippen LogP contribution < -0.4 is 26.4 Å². The Morgan fingerprint density at radius 1 is 0.867 bits per heavy atom. The van der Waals surface area contributed by atoms with Gasteiger partial charge < -0.3 is 40.1 Å². The van der Waals surface area contributed by atoms with E-state index in [4.69, 9.17) is 9.47 Å². The molecule has 2 aliphatic rings. The van der Waals surface area contributed by atoms with E-state index in [0.717, 1.165) is 17.7 Å². The highest BCUT2D eigenvalue weighted by atomic mass is 19.4. The predicted molar refractivity (Wildman–Crippen MR) is 220 cm³/mol. The Morgan fingerprint density at radius 3 is 2.18 bits per heavy atom. The van der Waals surface area contributed by atoms with Crippen LogP contribution in [0.2, 0.25) is 0 Å². The van der Waals surface area contributed by atoms with Crippen molar-refractivity contribution in [1.82, 2.24) is 9.97 Å². The van der Waals surface area contributed by atoms with Crippen LogP contribution in [0.3, 0.4) is 0 Å². The minimum Gasteiger partial charge on any atom is -0.507 e. The Balaban J connectivity index is 0.000000188. The number of hydrogen-bond acceptors (Lipinski definition) is 9. The third-order valence-electron chi connectivity index (χ3n) is 10.9. The minimum absolute atomic E-state index is 0.0234. The van der Waals surface area contributed by atoms with E-state index in [2.05, 4.69) is 27.5 Å². The molecule has 0 saturated carbocycles. The van der Waals surface area contributed by atoms with Gasteiger partial charge >= 0.3 is 12.1 Å². The second kappa shape index (κ2) is 16.4. The summed E-state index contributed by atoms with van der Waals surface area (Å²) in [7, 11) is 1.24. The lowest BCUT2D eigenvalue weighted by molar-refractivity contribution is -0.142. The number of phenolic OH excluding ortho intramolecular Hbond substituents is 1. The number of aromatic nitrogens is 2. The summed E-state index contributed by atoms with van der Waals surface area (Å²) in [5.41, 5.74) is -0.101. The van der Waals surface area contributed by atoms with Gasteiger partial charge in [0.1, 0.15) is 22.9 Å². The lowest BCUT2D eigenvalue weighted by Gasteiger charge is -2.38. The van der Waals surface area contributed by atoms with Crippen molar-refractivity contribution in [1.29, 1.82) is 0 Å². The van der Waals surface area contributed by atoms with Gasteiger partial charge in [-0.15, -0.1) is 0 Å². The summed E-state index contributed by atoms with van der Waals surface area (Å²) in [4.78, 5) is 70.0. The number of halogens is 3. The number of carbonyl (C=O) groups is 3. The molecular weight excluding hydrogens is 784 g/mol. The Labute approximate surface area is 340 Å². The van der Waals surface area contributed by atoms with E-state index in [1.165, 1.54) is 37.7 Å². The van der Waals surface area contributed by atoms with Crippen LogP contribution in [-0.2, 0) is 25.9 Å². The second-order valence-corrected chi connectivity index (χ2v) is 15.0. The Hall–Kier alpha value is -6.94. The van der Waals surface area contributed by atoms with Gasteiger partial charge in [-0.1, -0.05) is 44.2 Å². The van der Waals surface area contributed by atoms with Crippen molar-refractivity contribution in [3.8, 4) is 5.75 Å². The largest absolute Gasteiger partial charge is 0.507 e. The summed E-state index contributed by atoms with van der Waals surface area (Å²) in [6.45, 7) is 5.73. The Morgan fingerprint density at radius 2 is 1.52 bits per heavy atom. The number of para-hydroxylation sites is 1. The zero-order valence-electron chi connectivity index (χ0n) is 32.6. The highest BCUT2D eigenvalue weighted by Crippen LogP contribution is 2.40. The van der Waals surface area contributed by atoms with Crippen molar-refractivity contribution in [3.05, 3.63) is 140 Å². The van der Waals surface area contributed by atoms with E-state index in [0.29, 0.717) is 42.9 Å². The monoisotopic (exact) mass is 823 g/mol. The molecule has 60 heavy (non-hydrogen) atoms. The van der Waals surface area contributed by atoms with Crippen LogP contribution in [-0.4, -0.2) is 65.8 Å². The predicted octanol–water partition coefficient (Wildman–Crippen LogP) is 6.96. The fraction of sp³-hybridized carbons (Fsp3) is 0.250. The first-order valence-electron chi connectivity index (χ1n) is 18.9. The van der Waals surface area contributed by atoms with Gasteiger partial charge in [0, 0.05) is 46.6 Å². The van der Waals surface area contributed by atoms with Crippen LogP contribution in [0, 0.1) is 5.92 Å². The number of hydrogen-bond donors (Lipinski definition) is 5. The van der Waals surface area contributed by atoms with E-state index >= 15 is 0 Å². The molecule has 2 aromatic heterocycles. The maximum absolute atomic E-state index is 13.9. The average Bonchev–Trinajstić information content (AvgIpc) is 3.61. The van der Waals surface area contributed by atoms with Gasteiger partial charge in [-0.25, -0.2) is 4.79 Å². The lowest BCUT2D eigenvalue weighted by Crippen LogP contribution is -2.43. The van der Waals surface area contributed by atoms with Crippen molar-refractivity contribution in [3.63, 3.8) is 0 Å². The highest BCUT2D eigenvalue weighted by molar-refractivity contribution is 6.07. The molecule has 2 aliphatic heterocycles.